The van der Waals surface area contributed by atoms with Crippen LogP contribution in [0.3, 0.4) is 0 Å². The fourth-order valence-corrected chi connectivity index (χ4v) is 3.84. The van der Waals surface area contributed by atoms with E-state index in [1.165, 1.54) is 17.0 Å². The number of nitrogens with zero attached hydrogens (tertiary/aromatic N) is 4. The van der Waals surface area contributed by atoms with Gasteiger partial charge in [0.2, 0.25) is 0 Å². The van der Waals surface area contributed by atoms with E-state index in [9.17, 15) is 18.0 Å². The Kier molecular flexibility index (Phi) is 5.79. The van der Waals surface area contributed by atoms with Gasteiger partial charge in [0.15, 0.2) is 5.76 Å². The first-order valence-corrected chi connectivity index (χ1v) is 9.92. The maximum atomic E-state index is 13.4. The van der Waals surface area contributed by atoms with Crippen LogP contribution in [0.25, 0.3) is 22.6 Å². The lowest BCUT2D eigenvalue weighted by atomic mass is 10.1. The largest absolute Gasteiger partial charge is 0.416 e. The predicted octanol–water partition coefficient (Wildman–Crippen LogP) is 5.56. The molecular formula is C23H19F3N4O2S. The van der Waals surface area contributed by atoms with Gasteiger partial charge < -0.3 is 9.42 Å². The molecule has 0 saturated heterocycles. The SMILES string of the molecule is C[C@H]1CN(c2ccc(C(F)(F)F)cc2)C(=O)c2c(-c3cc(-c4ccccc4)no3)cnn21.S. The molecule has 0 bridgehead atoms. The summed E-state index contributed by atoms with van der Waals surface area (Å²) in [5.41, 5.74) is 1.90. The number of aromatic nitrogens is 3. The van der Waals surface area contributed by atoms with Gasteiger partial charge in [0.1, 0.15) is 11.4 Å². The summed E-state index contributed by atoms with van der Waals surface area (Å²) in [5, 5.41) is 8.46. The van der Waals surface area contributed by atoms with Crippen molar-refractivity contribution in [3.63, 3.8) is 0 Å². The fourth-order valence-electron chi connectivity index (χ4n) is 3.84. The summed E-state index contributed by atoms with van der Waals surface area (Å²) in [6.07, 6.45) is -2.89. The molecule has 0 radical (unpaired) electrons. The highest BCUT2D eigenvalue weighted by atomic mass is 32.1. The van der Waals surface area contributed by atoms with Crippen molar-refractivity contribution < 1.29 is 22.5 Å². The zero-order valence-electron chi connectivity index (χ0n) is 17.4. The van der Waals surface area contributed by atoms with E-state index >= 15 is 0 Å². The fraction of sp³-hybridized carbons (Fsp3) is 0.174. The van der Waals surface area contributed by atoms with Crippen molar-refractivity contribution in [3.05, 3.63) is 78.1 Å². The number of amides is 1. The van der Waals surface area contributed by atoms with Gasteiger partial charge in [-0.05, 0) is 31.2 Å². The summed E-state index contributed by atoms with van der Waals surface area (Å²) < 4.78 is 45.9. The number of hydrogen-bond acceptors (Lipinski definition) is 4. The summed E-state index contributed by atoms with van der Waals surface area (Å²) in [7, 11) is 0. The Hall–Kier alpha value is -3.53. The van der Waals surface area contributed by atoms with Crippen LogP contribution in [0.4, 0.5) is 18.9 Å². The van der Waals surface area contributed by atoms with Crippen molar-refractivity contribution in [2.45, 2.75) is 19.1 Å². The quantitative estimate of drug-likeness (QED) is 0.392. The van der Waals surface area contributed by atoms with Gasteiger partial charge in [0.25, 0.3) is 5.91 Å². The molecule has 1 atom stereocenters. The van der Waals surface area contributed by atoms with E-state index in [1.807, 2.05) is 37.3 Å². The van der Waals surface area contributed by atoms with Gasteiger partial charge in [-0.1, -0.05) is 35.5 Å². The maximum Gasteiger partial charge on any atom is 0.416 e. The van der Waals surface area contributed by atoms with Gasteiger partial charge in [-0.25, -0.2) is 0 Å². The van der Waals surface area contributed by atoms with Crippen molar-refractivity contribution >= 4 is 25.1 Å². The first-order chi connectivity index (χ1) is 15.3. The smallest absolute Gasteiger partial charge is 0.356 e. The third-order valence-electron chi connectivity index (χ3n) is 5.46. The number of anilines is 1. The summed E-state index contributed by atoms with van der Waals surface area (Å²) >= 11 is 0. The van der Waals surface area contributed by atoms with E-state index in [-0.39, 0.29) is 32.0 Å². The second-order valence-electron chi connectivity index (χ2n) is 7.60. The molecule has 5 rings (SSSR count). The molecule has 1 amide bonds. The van der Waals surface area contributed by atoms with Crippen LogP contribution in [0, 0.1) is 0 Å². The van der Waals surface area contributed by atoms with Crippen LogP contribution in [0.1, 0.15) is 29.0 Å². The molecule has 2 aromatic heterocycles. The van der Waals surface area contributed by atoms with Crippen LogP contribution >= 0.6 is 13.5 Å². The molecule has 2 aromatic carbocycles. The van der Waals surface area contributed by atoms with Crippen LogP contribution in [-0.2, 0) is 6.18 Å². The zero-order chi connectivity index (χ0) is 22.5. The minimum absolute atomic E-state index is 0. The Morgan fingerprint density at radius 2 is 1.76 bits per heavy atom. The summed E-state index contributed by atoms with van der Waals surface area (Å²) in [6.45, 7) is 2.17. The van der Waals surface area contributed by atoms with Gasteiger partial charge in [-0.3, -0.25) is 9.48 Å². The van der Waals surface area contributed by atoms with Crippen LogP contribution in [0.2, 0.25) is 0 Å². The second kappa shape index (κ2) is 8.43. The number of carbonyl (C=O) groups is 1. The van der Waals surface area contributed by atoms with E-state index in [0.717, 1.165) is 17.7 Å². The number of hydrogen-bond donors (Lipinski definition) is 0. The van der Waals surface area contributed by atoms with Crippen molar-refractivity contribution in [2.75, 3.05) is 11.4 Å². The van der Waals surface area contributed by atoms with E-state index in [1.54, 1.807) is 16.9 Å². The van der Waals surface area contributed by atoms with E-state index in [0.29, 0.717) is 28.4 Å². The van der Waals surface area contributed by atoms with Crippen molar-refractivity contribution in [1.82, 2.24) is 14.9 Å². The normalized spacial score (nSPS) is 15.8. The molecule has 0 N–H and O–H groups in total. The van der Waals surface area contributed by atoms with Crippen LogP contribution in [-0.4, -0.2) is 27.4 Å². The molecule has 0 fully saturated rings. The van der Waals surface area contributed by atoms with Crippen LogP contribution in [0.5, 0.6) is 0 Å². The number of rotatable bonds is 3. The molecule has 0 saturated carbocycles. The number of halogens is 3. The third kappa shape index (κ3) is 4.02. The maximum absolute atomic E-state index is 13.4. The van der Waals surface area contributed by atoms with Crippen molar-refractivity contribution in [2.24, 2.45) is 0 Å². The summed E-state index contributed by atoms with van der Waals surface area (Å²) in [5.74, 6) is 0.0212. The number of benzene rings is 2. The van der Waals surface area contributed by atoms with Crippen molar-refractivity contribution in [1.29, 1.82) is 0 Å². The number of fused-ring (bicyclic) bond motifs is 1. The van der Waals surface area contributed by atoms with E-state index in [4.69, 9.17) is 4.52 Å². The lowest BCUT2D eigenvalue weighted by molar-refractivity contribution is -0.137. The van der Waals surface area contributed by atoms with Gasteiger partial charge in [-0.2, -0.15) is 31.8 Å². The van der Waals surface area contributed by atoms with Gasteiger partial charge >= 0.3 is 6.18 Å². The highest BCUT2D eigenvalue weighted by molar-refractivity contribution is 7.59. The van der Waals surface area contributed by atoms with Gasteiger partial charge in [-0.15, -0.1) is 0 Å². The minimum atomic E-state index is -4.44. The molecule has 4 aromatic rings. The minimum Gasteiger partial charge on any atom is -0.356 e. The van der Waals surface area contributed by atoms with E-state index < -0.39 is 11.7 Å². The lowest BCUT2D eigenvalue weighted by Crippen LogP contribution is -2.42. The first kappa shape index (κ1) is 22.7. The predicted molar refractivity (Wildman–Crippen MR) is 121 cm³/mol. The molecule has 0 unspecified atom stereocenters. The second-order valence-corrected chi connectivity index (χ2v) is 7.60. The molecule has 6 nitrogen and oxygen atoms in total. The molecule has 1 aliphatic rings. The van der Waals surface area contributed by atoms with E-state index in [2.05, 4.69) is 10.3 Å². The Bertz CT molecular complexity index is 1280. The third-order valence-corrected chi connectivity index (χ3v) is 5.46. The molecule has 0 spiro atoms. The van der Waals surface area contributed by atoms with Crippen LogP contribution in [0.15, 0.2) is 71.4 Å². The molecule has 3 heterocycles. The van der Waals surface area contributed by atoms with Gasteiger partial charge in [0, 0.05) is 23.9 Å². The Labute approximate surface area is 194 Å². The average Bonchev–Trinajstić information content (AvgIpc) is 3.44. The Morgan fingerprint density at radius 1 is 1.06 bits per heavy atom. The average molecular weight is 472 g/mol. The lowest BCUT2D eigenvalue weighted by Gasteiger charge is -2.32. The number of carbonyl (C=O) groups excluding carboxylic acids is 1. The highest BCUT2D eigenvalue weighted by Crippen LogP contribution is 2.35. The first-order valence-electron chi connectivity index (χ1n) is 9.92. The summed E-state index contributed by atoms with van der Waals surface area (Å²) in [4.78, 5) is 14.8. The summed E-state index contributed by atoms with van der Waals surface area (Å²) in [6, 6.07) is 15.6. The zero-order valence-corrected chi connectivity index (χ0v) is 18.4. The standard InChI is InChI=1S/C23H17F3N4O2.H2S/c1-14-13-29(17-9-7-16(8-10-17)23(24,25)26)22(31)21-18(12-27-30(14)21)20-11-19(28-32-20)15-5-3-2-4-6-15;/h2-12,14H,13H2,1H3;1H2/t14-;/m0./s1. The molecule has 33 heavy (non-hydrogen) atoms. The number of alkyl halides is 3. The molecule has 1 aliphatic heterocycles. The molecule has 170 valence electrons. The molecular weight excluding hydrogens is 453 g/mol. The Balaban J connectivity index is 0.00000259. The highest BCUT2D eigenvalue weighted by Gasteiger charge is 2.35. The molecule has 10 heteroatoms. The van der Waals surface area contributed by atoms with Gasteiger partial charge in [0.05, 0.1) is 23.4 Å². The molecule has 0 aliphatic carbocycles. The topological polar surface area (TPSA) is 64.2 Å². The Morgan fingerprint density at radius 3 is 2.42 bits per heavy atom. The van der Waals surface area contributed by atoms with Crippen LogP contribution < -0.4 is 4.90 Å². The monoisotopic (exact) mass is 472 g/mol. The van der Waals surface area contributed by atoms with Crippen molar-refractivity contribution in [3.8, 4) is 22.6 Å².